The van der Waals surface area contributed by atoms with Gasteiger partial charge in [-0.15, -0.1) is 0 Å². The molecule has 0 spiro atoms. The summed E-state index contributed by atoms with van der Waals surface area (Å²) in [5.74, 6) is 2.04. The number of pyridine rings is 1. The SMILES string of the molecule is COc1ccc(-n2cc(C(=O)NCC(c3ccco3)N3CCC(C)CC3)ccc2=O)cc1. The lowest BCUT2D eigenvalue weighted by atomic mass is 9.97. The summed E-state index contributed by atoms with van der Waals surface area (Å²) in [4.78, 5) is 27.7. The molecule has 1 atom stereocenters. The summed E-state index contributed by atoms with van der Waals surface area (Å²) in [6.07, 6.45) is 5.52. The van der Waals surface area contributed by atoms with Crippen molar-refractivity contribution in [2.45, 2.75) is 25.8 Å². The zero-order chi connectivity index (χ0) is 22.5. The smallest absolute Gasteiger partial charge is 0.255 e. The number of hydrogen-bond donors (Lipinski definition) is 1. The van der Waals surface area contributed by atoms with Gasteiger partial charge in [0.15, 0.2) is 0 Å². The summed E-state index contributed by atoms with van der Waals surface area (Å²) in [6, 6.07) is 13.9. The Hall–Kier alpha value is -3.32. The predicted molar refractivity (Wildman–Crippen MR) is 122 cm³/mol. The summed E-state index contributed by atoms with van der Waals surface area (Å²) in [7, 11) is 1.59. The fourth-order valence-electron chi connectivity index (χ4n) is 4.09. The van der Waals surface area contributed by atoms with Gasteiger partial charge in [0.1, 0.15) is 11.5 Å². The molecule has 0 bridgehead atoms. The summed E-state index contributed by atoms with van der Waals surface area (Å²) >= 11 is 0. The van der Waals surface area contributed by atoms with E-state index in [0.717, 1.165) is 37.6 Å². The highest BCUT2D eigenvalue weighted by molar-refractivity contribution is 5.93. The lowest BCUT2D eigenvalue weighted by Gasteiger charge is -2.35. The maximum absolute atomic E-state index is 13.0. The summed E-state index contributed by atoms with van der Waals surface area (Å²) in [5, 5.41) is 3.04. The molecule has 1 aromatic carbocycles. The number of piperidine rings is 1. The van der Waals surface area contributed by atoms with Crippen molar-refractivity contribution < 1.29 is 13.9 Å². The van der Waals surface area contributed by atoms with Crippen molar-refractivity contribution in [1.29, 1.82) is 0 Å². The Morgan fingerprint density at radius 2 is 1.91 bits per heavy atom. The van der Waals surface area contributed by atoms with Gasteiger partial charge < -0.3 is 14.5 Å². The summed E-state index contributed by atoms with van der Waals surface area (Å²) in [5.41, 5.74) is 0.884. The first-order valence-corrected chi connectivity index (χ1v) is 11.0. The molecule has 0 saturated carbocycles. The van der Waals surface area contributed by atoms with E-state index in [9.17, 15) is 9.59 Å². The minimum Gasteiger partial charge on any atom is -0.497 e. The molecule has 32 heavy (non-hydrogen) atoms. The number of aromatic nitrogens is 1. The van der Waals surface area contributed by atoms with E-state index < -0.39 is 0 Å². The van der Waals surface area contributed by atoms with E-state index in [1.807, 2.05) is 12.1 Å². The first kappa shape index (κ1) is 21.9. The second kappa shape index (κ2) is 9.87. The van der Waals surface area contributed by atoms with Crippen LogP contribution in [0.5, 0.6) is 5.75 Å². The molecule has 168 valence electrons. The van der Waals surface area contributed by atoms with E-state index >= 15 is 0 Å². The Labute approximate surface area is 187 Å². The highest BCUT2D eigenvalue weighted by atomic mass is 16.5. The predicted octanol–water partition coefficient (Wildman–Crippen LogP) is 3.64. The van der Waals surface area contributed by atoms with Crippen LogP contribution in [0.3, 0.4) is 0 Å². The van der Waals surface area contributed by atoms with Crippen LogP contribution in [-0.2, 0) is 0 Å². The van der Waals surface area contributed by atoms with Gasteiger partial charge in [-0.25, -0.2) is 0 Å². The lowest BCUT2D eigenvalue weighted by Crippen LogP contribution is -2.42. The van der Waals surface area contributed by atoms with Crippen molar-refractivity contribution in [1.82, 2.24) is 14.8 Å². The normalized spacial score (nSPS) is 15.9. The van der Waals surface area contributed by atoms with Gasteiger partial charge in [-0.2, -0.15) is 0 Å². The topological polar surface area (TPSA) is 76.7 Å². The van der Waals surface area contributed by atoms with Gasteiger partial charge in [0, 0.05) is 24.5 Å². The maximum atomic E-state index is 13.0. The van der Waals surface area contributed by atoms with Crippen molar-refractivity contribution in [2.24, 2.45) is 5.92 Å². The third kappa shape index (κ3) is 4.94. The van der Waals surface area contributed by atoms with Gasteiger partial charge in [-0.1, -0.05) is 6.92 Å². The van der Waals surface area contributed by atoms with Crippen LogP contribution in [0.15, 0.2) is 70.2 Å². The van der Waals surface area contributed by atoms with Gasteiger partial charge in [-0.3, -0.25) is 19.1 Å². The van der Waals surface area contributed by atoms with Crippen LogP contribution < -0.4 is 15.6 Å². The quantitative estimate of drug-likeness (QED) is 0.613. The Kier molecular flexibility index (Phi) is 6.75. The molecule has 7 nitrogen and oxygen atoms in total. The monoisotopic (exact) mass is 435 g/mol. The molecule has 1 unspecified atom stereocenters. The van der Waals surface area contributed by atoms with Gasteiger partial charge in [0.05, 0.1) is 25.0 Å². The van der Waals surface area contributed by atoms with Crippen LogP contribution in [-0.4, -0.2) is 42.1 Å². The van der Waals surface area contributed by atoms with Crippen LogP contribution in [0.2, 0.25) is 0 Å². The largest absolute Gasteiger partial charge is 0.497 e. The van der Waals surface area contributed by atoms with Gasteiger partial charge in [0.25, 0.3) is 11.5 Å². The van der Waals surface area contributed by atoms with Crippen molar-refractivity contribution in [3.8, 4) is 11.4 Å². The Balaban J connectivity index is 1.49. The molecule has 1 aliphatic rings. The van der Waals surface area contributed by atoms with Crippen molar-refractivity contribution in [3.63, 3.8) is 0 Å². The van der Waals surface area contributed by atoms with E-state index in [2.05, 4.69) is 17.1 Å². The fourth-order valence-corrected chi connectivity index (χ4v) is 4.09. The molecule has 1 saturated heterocycles. The second-order valence-corrected chi connectivity index (χ2v) is 8.28. The van der Waals surface area contributed by atoms with Crippen molar-refractivity contribution in [3.05, 3.63) is 82.7 Å². The second-order valence-electron chi connectivity index (χ2n) is 8.28. The van der Waals surface area contributed by atoms with Crippen LogP contribution in [0.4, 0.5) is 0 Å². The first-order chi connectivity index (χ1) is 15.5. The third-order valence-electron chi connectivity index (χ3n) is 6.11. The summed E-state index contributed by atoms with van der Waals surface area (Å²) in [6.45, 7) is 4.66. The molecular formula is C25H29N3O4. The number of hydrogen-bond acceptors (Lipinski definition) is 5. The highest BCUT2D eigenvalue weighted by Crippen LogP contribution is 2.26. The number of amides is 1. The molecule has 1 N–H and O–H groups in total. The number of likely N-dealkylation sites (tertiary alicyclic amines) is 1. The standard InChI is InChI=1S/C25H29N3O4/c1-18-11-13-27(14-12-18)22(23-4-3-15-32-23)16-26-25(30)19-5-10-24(29)28(17-19)20-6-8-21(31-2)9-7-20/h3-10,15,17-18,22H,11-14,16H2,1-2H3,(H,26,30). The van der Waals surface area contributed by atoms with Crippen molar-refractivity contribution in [2.75, 3.05) is 26.7 Å². The molecule has 1 aliphatic heterocycles. The molecule has 0 aliphatic carbocycles. The number of carbonyl (C=O) groups is 1. The minimum absolute atomic E-state index is 0.0195. The summed E-state index contributed by atoms with van der Waals surface area (Å²) < 4.78 is 12.3. The number of methoxy groups -OCH3 is 1. The Morgan fingerprint density at radius 3 is 2.56 bits per heavy atom. The van der Waals surface area contributed by atoms with Crippen LogP contribution >= 0.6 is 0 Å². The van der Waals surface area contributed by atoms with Crippen LogP contribution in [0, 0.1) is 5.92 Å². The lowest BCUT2D eigenvalue weighted by molar-refractivity contribution is 0.0895. The number of nitrogens with zero attached hydrogens (tertiary/aromatic N) is 2. The maximum Gasteiger partial charge on any atom is 0.255 e. The molecule has 7 heteroatoms. The minimum atomic E-state index is -0.228. The molecule has 3 heterocycles. The number of carbonyl (C=O) groups excluding carboxylic acids is 1. The Bertz CT molecular complexity index is 1080. The van der Waals surface area contributed by atoms with Gasteiger partial charge in [0.2, 0.25) is 0 Å². The average Bonchev–Trinajstić information content (AvgIpc) is 3.35. The first-order valence-electron chi connectivity index (χ1n) is 11.0. The van der Waals surface area contributed by atoms with E-state index in [0.29, 0.717) is 23.5 Å². The fraction of sp³-hybridized carbons (Fsp3) is 0.360. The van der Waals surface area contributed by atoms with E-state index in [-0.39, 0.29) is 17.5 Å². The number of benzene rings is 1. The van der Waals surface area contributed by atoms with Crippen LogP contribution in [0.1, 0.15) is 41.9 Å². The zero-order valence-electron chi connectivity index (χ0n) is 18.5. The van der Waals surface area contributed by atoms with Crippen molar-refractivity contribution >= 4 is 5.91 Å². The third-order valence-corrected chi connectivity index (χ3v) is 6.11. The molecule has 1 amide bonds. The molecule has 4 rings (SSSR count). The van der Waals surface area contributed by atoms with E-state index in [1.54, 1.807) is 49.9 Å². The molecule has 1 fully saturated rings. The highest BCUT2D eigenvalue weighted by Gasteiger charge is 2.27. The molecule has 3 aromatic rings. The van der Waals surface area contributed by atoms with E-state index in [4.69, 9.17) is 9.15 Å². The number of rotatable bonds is 7. The molecule has 0 radical (unpaired) electrons. The Morgan fingerprint density at radius 1 is 1.16 bits per heavy atom. The zero-order valence-corrected chi connectivity index (χ0v) is 18.5. The van der Waals surface area contributed by atoms with Crippen LogP contribution in [0.25, 0.3) is 5.69 Å². The number of ether oxygens (including phenoxy) is 1. The van der Waals surface area contributed by atoms with E-state index in [1.165, 1.54) is 10.6 Å². The number of furan rings is 1. The molecular weight excluding hydrogens is 406 g/mol. The molecule has 2 aromatic heterocycles. The van der Waals surface area contributed by atoms with Gasteiger partial charge in [-0.05, 0) is 74.3 Å². The number of nitrogens with one attached hydrogen (secondary N) is 1. The van der Waals surface area contributed by atoms with Gasteiger partial charge >= 0.3 is 0 Å². The average molecular weight is 436 g/mol.